The van der Waals surface area contributed by atoms with Crippen LogP contribution in [0.4, 0.5) is 4.39 Å². The number of ketones is 1. The molecule has 102 valence electrons. The summed E-state index contributed by atoms with van der Waals surface area (Å²) in [6.45, 7) is 0. The molecule has 20 heavy (non-hydrogen) atoms. The van der Waals surface area contributed by atoms with E-state index >= 15 is 0 Å². The molecule has 0 N–H and O–H groups in total. The molecule has 0 aromatic heterocycles. The van der Waals surface area contributed by atoms with Crippen molar-refractivity contribution in [3.05, 3.63) is 70.5 Å². The van der Waals surface area contributed by atoms with Crippen molar-refractivity contribution >= 4 is 23.5 Å². The monoisotopic (exact) mass is 290 g/mol. The van der Waals surface area contributed by atoms with Crippen LogP contribution in [0.25, 0.3) is 6.08 Å². The summed E-state index contributed by atoms with van der Waals surface area (Å²) >= 11 is 5.75. The molecule has 2 aromatic carbocycles. The van der Waals surface area contributed by atoms with E-state index in [4.69, 9.17) is 16.3 Å². The number of allylic oxidation sites excluding steroid dienone is 1. The first-order valence-corrected chi connectivity index (χ1v) is 6.29. The Labute approximate surface area is 121 Å². The van der Waals surface area contributed by atoms with Crippen LogP contribution in [0.5, 0.6) is 5.75 Å². The molecule has 0 bridgehead atoms. The summed E-state index contributed by atoms with van der Waals surface area (Å²) in [7, 11) is 1.40. The van der Waals surface area contributed by atoms with Gasteiger partial charge in [0.25, 0.3) is 0 Å². The number of rotatable bonds is 4. The topological polar surface area (TPSA) is 26.3 Å². The van der Waals surface area contributed by atoms with Gasteiger partial charge in [0.15, 0.2) is 17.3 Å². The lowest BCUT2D eigenvalue weighted by molar-refractivity contribution is 0.104. The van der Waals surface area contributed by atoms with Gasteiger partial charge in [0, 0.05) is 10.6 Å². The van der Waals surface area contributed by atoms with E-state index in [2.05, 4.69) is 0 Å². The van der Waals surface area contributed by atoms with Crippen LogP contribution in [-0.2, 0) is 0 Å². The van der Waals surface area contributed by atoms with Crippen molar-refractivity contribution in [2.75, 3.05) is 7.11 Å². The van der Waals surface area contributed by atoms with E-state index in [1.54, 1.807) is 36.4 Å². The highest BCUT2D eigenvalue weighted by atomic mass is 35.5. The lowest BCUT2D eigenvalue weighted by Crippen LogP contribution is -1.93. The van der Waals surface area contributed by atoms with Gasteiger partial charge in [-0.1, -0.05) is 23.7 Å². The highest BCUT2D eigenvalue weighted by Gasteiger charge is 2.03. The van der Waals surface area contributed by atoms with Gasteiger partial charge in [-0.15, -0.1) is 0 Å². The summed E-state index contributed by atoms with van der Waals surface area (Å²) in [4.78, 5) is 11.9. The van der Waals surface area contributed by atoms with Gasteiger partial charge >= 0.3 is 0 Å². The molecule has 0 saturated carbocycles. The average molecular weight is 291 g/mol. The van der Waals surface area contributed by atoms with Crippen LogP contribution in [0.15, 0.2) is 48.5 Å². The van der Waals surface area contributed by atoms with Crippen molar-refractivity contribution in [2.24, 2.45) is 0 Å². The average Bonchev–Trinajstić information content (AvgIpc) is 2.45. The second-order valence-corrected chi connectivity index (χ2v) is 4.53. The molecule has 0 heterocycles. The van der Waals surface area contributed by atoms with Gasteiger partial charge in [0.05, 0.1) is 7.11 Å². The fourth-order valence-electron chi connectivity index (χ4n) is 1.67. The quantitative estimate of drug-likeness (QED) is 0.617. The molecule has 0 amide bonds. The van der Waals surface area contributed by atoms with Crippen molar-refractivity contribution in [3.8, 4) is 5.75 Å². The van der Waals surface area contributed by atoms with Crippen LogP contribution in [0.1, 0.15) is 15.9 Å². The first-order chi connectivity index (χ1) is 9.60. The minimum atomic E-state index is -0.464. The third kappa shape index (κ3) is 3.45. The lowest BCUT2D eigenvalue weighted by Gasteiger charge is -2.01. The molecule has 2 aromatic rings. The van der Waals surface area contributed by atoms with Crippen molar-refractivity contribution < 1.29 is 13.9 Å². The van der Waals surface area contributed by atoms with E-state index in [9.17, 15) is 9.18 Å². The molecule has 0 saturated heterocycles. The van der Waals surface area contributed by atoms with Crippen LogP contribution in [-0.4, -0.2) is 12.9 Å². The fourth-order valence-corrected chi connectivity index (χ4v) is 1.79. The van der Waals surface area contributed by atoms with Gasteiger partial charge in [0.1, 0.15) is 0 Å². The molecular weight excluding hydrogens is 279 g/mol. The SMILES string of the molecule is COc1ccc(/C=C/C(=O)c2ccc(Cl)cc2)cc1F. The molecule has 2 rings (SSSR count). The fraction of sp³-hybridized carbons (Fsp3) is 0.0625. The molecule has 0 radical (unpaired) electrons. The maximum absolute atomic E-state index is 13.5. The van der Waals surface area contributed by atoms with Crippen LogP contribution >= 0.6 is 11.6 Å². The maximum Gasteiger partial charge on any atom is 0.185 e. The number of benzene rings is 2. The third-order valence-corrected chi connectivity index (χ3v) is 2.98. The van der Waals surface area contributed by atoms with E-state index in [0.717, 1.165) is 0 Å². The minimum Gasteiger partial charge on any atom is -0.494 e. The van der Waals surface area contributed by atoms with Gasteiger partial charge in [-0.25, -0.2) is 4.39 Å². The van der Waals surface area contributed by atoms with Crippen molar-refractivity contribution in [3.63, 3.8) is 0 Å². The maximum atomic E-state index is 13.5. The summed E-state index contributed by atoms with van der Waals surface area (Å²) < 4.78 is 18.3. The largest absolute Gasteiger partial charge is 0.494 e. The van der Waals surface area contributed by atoms with Crippen molar-refractivity contribution in [1.29, 1.82) is 0 Å². The zero-order valence-corrected chi connectivity index (χ0v) is 11.5. The second kappa shape index (κ2) is 6.35. The summed E-state index contributed by atoms with van der Waals surface area (Å²) in [5.74, 6) is -0.460. The van der Waals surface area contributed by atoms with Gasteiger partial charge < -0.3 is 4.74 Å². The predicted octanol–water partition coefficient (Wildman–Crippen LogP) is 4.38. The van der Waals surface area contributed by atoms with Crippen molar-refractivity contribution in [1.82, 2.24) is 0 Å². The number of carbonyl (C=O) groups is 1. The number of hydrogen-bond donors (Lipinski definition) is 0. The standard InChI is InChI=1S/C16H12ClFO2/c1-20-16-9-3-11(10-14(16)18)2-8-15(19)12-4-6-13(17)7-5-12/h2-10H,1H3/b8-2+. The van der Waals surface area contributed by atoms with Crippen LogP contribution in [0.3, 0.4) is 0 Å². The van der Waals surface area contributed by atoms with E-state index in [0.29, 0.717) is 16.1 Å². The molecule has 0 unspecified atom stereocenters. The zero-order valence-electron chi connectivity index (χ0n) is 10.8. The third-order valence-electron chi connectivity index (χ3n) is 2.73. The number of methoxy groups -OCH3 is 1. The minimum absolute atomic E-state index is 0.169. The summed E-state index contributed by atoms with van der Waals surface area (Å²) in [5, 5.41) is 0.572. The predicted molar refractivity (Wildman–Crippen MR) is 77.8 cm³/mol. The van der Waals surface area contributed by atoms with Crippen LogP contribution in [0, 0.1) is 5.82 Å². The molecule has 0 atom stereocenters. The van der Waals surface area contributed by atoms with E-state index in [1.807, 2.05) is 0 Å². The Morgan fingerprint density at radius 1 is 1.20 bits per heavy atom. The number of ether oxygens (including phenoxy) is 1. The molecule has 2 nitrogen and oxygen atoms in total. The van der Waals surface area contributed by atoms with Crippen LogP contribution in [0.2, 0.25) is 5.02 Å². The zero-order chi connectivity index (χ0) is 14.5. The molecule has 0 aliphatic carbocycles. The Hall–Kier alpha value is -2.13. The van der Waals surface area contributed by atoms with Gasteiger partial charge in [-0.2, -0.15) is 0 Å². The Bertz CT molecular complexity index is 648. The Morgan fingerprint density at radius 3 is 2.50 bits per heavy atom. The molecule has 0 spiro atoms. The van der Waals surface area contributed by atoms with E-state index in [1.165, 1.54) is 25.3 Å². The number of halogens is 2. The van der Waals surface area contributed by atoms with Crippen LogP contribution < -0.4 is 4.74 Å². The molecule has 0 aliphatic heterocycles. The normalized spacial score (nSPS) is 10.8. The number of carbonyl (C=O) groups excluding carboxylic acids is 1. The van der Waals surface area contributed by atoms with Crippen molar-refractivity contribution in [2.45, 2.75) is 0 Å². The van der Waals surface area contributed by atoms with Gasteiger partial charge in [-0.3, -0.25) is 4.79 Å². The molecule has 0 aliphatic rings. The molecule has 4 heteroatoms. The Kier molecular flexibility index (Phi) is 4.53. The highest BCUT2D eigenvalue weighted by Crippen LogP contribution is 2.18. The molecule has 0 fully saturated rings. The summed E-state index contributed by atoms with van der Waals surface area (Å²) in [6.07, 6.45) is 2.95. The van der Waals surface area contributed by atoms with E-state index < -0.39 is 5.82 Å². The Balaban J connectivity index is 2.14. The number of hydrogen-bond acceptors (Lipinski definition) is 2. The molecular formula is C16H12ClFO2. The second-order valence-electron chi connectivity index (χ2n) is 4.10. The smallest absolute Gasteiger partial charge is 0.185 e. The first-order valence-electron chi connectivity index (χ1n) is 5.91. The highest BCUT2D eigenvalue weighted by molar-refractivity contribution is 6.30. The van der Waals surface area contributed by atoms with Gasteiger partial charge in [-0.05, 0) is 48.0 Å². The lowest BCUT2D eigenvalue weighted by atomic mass is 10.1. The van der Waals surface area contributed by atoms with E-state index in [-0.39, 0.29) is 11.5 Å². The Morgan fingerprint density at radius 2 is 1.90 bits per heavy atom. The first kappa shape index (κ1) is 14.3. The summed E-state index contributed by atoms with van der Waals surface area (Å²) in [6, 6.07) is 11.1. The summed E-state index contributed by atoms with van der Waals surface area (Å²) in [5.41, 5.74) is 1.12. The van der Waals surface area contributed by atoms with Gasteiger partial charge in [0.2, 0.25) is 0 Å².